The first-order valence-electron chi connectivity index (χ1n) is 6.81. The van der Waals surface area contributed by atoms with E-state index in [1.807, 2.05) is 30.3 Å². The zero-order valence-electron chi connectivity index (χ0n) is 12.6. The maximum Gasteiger partial charge on any atom is 0.410 e. The van der Waals surface area contributed by atoms with Gasteiger partial charge in [-0.1, -0.05) is 51.1 Å². The molecule has 0 saturated heterocycles. The minimum atomic E-state index is -0.306. The highest BCUT2D eigenvalue weighted by Crippen LogP contribution is 2.16. The maximum absolute atomic E-state index is 12.1. The second kappa shape index (κ2) is 7.59. The zero-order chi connectivity index (χ0) is 15.0. The molecule has 1 aromatic rings. The highest BCUT2D eigenvalue weighted by Gasteiger charge is 2.21. The Morgan fingerprint density at radius 1 is 1.30 bits per heavy atom. The van der Waals surface area contributed by atoms with Crippen molar-refractivity contribution in [2.45, 2.75) is 33.8 Å². The lowest BCUT2D eigenvalue weighted by atomic mass is 9.96. The molecule has 0 saturated carbocycles. The quantitative estimate of drug-likeness (QED) is 0.766. The van der Waals surface area contributed by atoms with Gasteiger partial charge in [-0.15, -0.1) is 12.3 Å². The summed E-state index contributed by atoms with van der Waals surface area (Å²) in [4.78, 5) is 13.8. The Labute approximate surface area is 121 Å². The van der Waals surface area contributed by atoms with Crippen LogP contribution in [0.5, 0.6) is 0 Å². The summed E-state index contributed by atoms with van der Waals surface area (Å²) in [6.07, 6.45) is 5.51. The first-order valence-corrected chi connectivity index (χ1v) is 6.81. The number of rotatable bonds is 5. The predicted molar refractivity (Wildman–Crippen MR) is 81.1 cm³/mol. The van der Waals surface area contributed by atoms with Crippen molar-refractivity contribution < 1.29 is 9.53 Å². The van der Waals surface area contributed by atoms with Gasteiger partial charge in [0.05, 0.1) is 0 Å². The molecular weight excluding hydrogens is 250 g/mol. The summed E-state index contributed by atoms with van der Waals surface area (Å²) in [5, 5.41) is 0. The molecule has 0 aromatic heterocycles. The lowest BCUT2D eigenvalue weighted by Crippen LogP contribution is -2.38. The van der Waals surface area contributed by atoms with Crippen LogP contribution in [0.25, 0.3) is 0 Å². The van der Waals surface area contributed by atoms with Gasteiger partial charge >= 0.3 is 6.09 Å². The lowest BCUT2D eigenvalue weighted by Gasteiger charge is -2.28. The topological polar surface area (TPSA) is 29.5 Å². The Bertz CT molecular complexity index is 454. The molecule has 0 aliphatic rings. The average Bonchev–Trinajstić information content (AvgIpc) is 2.40. The largest absolute Gasteiger partial charge is 0.445 e. The number of terminal acetylenes is 1. The van der Waals surface area contributed by atoms with Gasteiger partial charge in [0.2, 0.25) is 0 Å². The zero-order valence-corrected chi connectivity index (χ0v) is 12.6. The Morgan fingerprint density at radius 2 is 1.95 bits per heavy atom. The van der Waals surface area contributed by atoms with Crippen LogP contribution in [0.4, 0.5) is 4.79 Å². The summed E-state index contributed by atoms with van der Waals surface area (Å²) in [5.41, 5.74) is 0.994. The summed E-state index contributed by atoms with van der Waals surface area (Å²) >= 11 is 0. The number of ether oxygens (including phenoxy) is 1. The smallest absolute Gasteiger partial charge is 0.410 e. The molecule has 0 radical (unpaired) electrons. The molecular formula is C17H23NO2. The van der Waals surface area contributed by atoms with Crippen molar-refractivity contribution >= 4 is 6.09 Å². The molecule has 3 heteroatoms. The van der Waals surface area contributed by atoms with Gasteiger partial charge in [0.25, 0.3) is 0 Å². The minimum absolute atomic E-state index is 0.0143. The van der Waals surface area contributed by atoms with Crippen molar-refractivity contribution in [3.8, 4) is 12.3 Å². The predicted octanol–water partition coefficient (Wildman–Crippen LogP) is 3.69. The van der Waals surface area contributed by atoms with Crippen LogP contribution >= 0.6 is 0 Å². The van der Waals surface area contributed by atoms with E-state index >= 15 is 0 Å². The Hall–Kier alpha value is -1.95. The van der Waals surface area contributed by atoms with E-state index in [0.717, 1.165) is 5.56 Å². The monoisotopic (exact) mass is 273 g/mol. The third-order valence-electron chi connectivity index (χ3n) is 2.65. The molecule has 0 atom stereocenters. The van der Waals surface area contributed by atoms with Crippen LogP contribution in [0.2, 0.25) is 0 Å². The van der Waals surface area contributed by atoms with Crippen molar-refractivity contribution in [3.05, 3.63) is 35.9 Å². The molecule has 1 rings (SSSR count). The van der Waals surface area contributed by atoms with E-state index in [9.17, 15) is 4.79 Å². The van der Waals surface area contributed by atoms with Gasteiger partial charge in [-0.05, 0) is 11.0 Å². The fourth-order valence-corrected chi connectivity index (χ4v) is 1.82. The molecule has 1 amide bonds. The van der Waals surface area contributed by atoms with Crippen molar-refractivity contribution in [1.82, 2.24) is 4.90 Å². The summed E-state index contributed by atoms with van der Waals surface area (Å²) in [6, 6.07) is 9.65. The molecule has 0 heterocycles. The number of carbonyl (C=O) groups is 1. The lowest BCUT2D eigenvalue weighted by molar-refractivity contribution is 0.0844. The maximum atomic E-state index is 12.1. The van der Waals surface area contributed by atoms with Crippen LogP contribution in [0.1, 0.15) is 32.8 Å². The minimum Gasteiger partial charge on any atom is -0.445 e. The van der Waals surface area contributed by atoms with Crippen molar-refractivity contribution in [1.29, 1.82) is 0 Å². The first-order chi connectivity index (χ1) is 9.42. The van der Waals surface area contributed by atoms with Crippen LogP contribution in [0.3, 0.4) is 0 Å². The number of hydrogen-bond acceptors (Lipinski definition) is 2. The Balaban J connectivity index is 2.56. The van der Waals surface area contributed by atoms with E-state index in [-0.39, 0.29) is 18.1 Å². The number of benzene rings is 1. The molecule has 0 N–H and O–H groups in total. The van der Waals surface area contributed by atoms with Gasteiger partial charge in [0, 0.05) is 19.5 Å². The van der Waals surface area contributed by atoms with Crippen LogP contribution in [-0.4, -0.2) is 24.1 Å². The third-order valence-corrected chi connectivity index (χ3v) is 2.65. The van der Waals surface area contributed by atoms with Gasteiger partial charge in [0.15, 0.2) is 0 Å². The molecule has 20 heavy (non-hydrogen) atoms. The van der Waals surface area contributed by atoms with Gasteiger partial charge < -0.3 is 9.64 Å². The molecule has 0 fully saturated rings. The van der Waals surface area contributed by atoms with E-state index in [0.29, 0.717) is 19.5 Å². The SMILES string of the molecule is C#CCCN(CC(C)(C)C)C(=O)OCc1ccccc1. The molecule has 0 unspecified atom stereocenters. The van der Waals surface area contributed by atoms with E-state index in [4.69, 9.17) is 11.2 Å². The Kier molecular flexibility index (Phi) is 6.11. The molecule has 0 aliphatic heterocycles. The van der Waals surface area contributed by atoms with E-state index in [1.54, 1.807) is 4.90 Å². The van der Waals surface area contributed by atoms with Crippen molar-refractivity contribution in [2.75, 3.05) is 13.1 Å². The molecule has 3 nitrogen and oxygen atoms in total. The second-order valence-corrected chi connectivity index (χ2v) is 5.98. The summed E-state index contributed by atoms with van der Waals surface area (Å²) < 4.78 is 5.35. The van der Waals surface area contributed by atoms with Crippen molar-refractivity contribution in [3.63, 3.8) is 0 Å². The molecule has 108 valence electrons. The van der Waals surface area contributed by atoms with E-state index in [1.165, 1.54) is 0 Å². The van der Waals surface area contributed by atoms with Gasteiger partial charge in [-0.2, -0.15) is 0 Å². The van der Waals surface area contributed by atoms with Crippen LogP contribution in [-0.2, 0) is 11.3 Å². The molecule has 0 spiro atoms. The standard InChI is InChI=1S/C17H23NO2/c1-5-6-12-18(14-17(2,3)4)16(19)20-13-15-10-8-7-9-11-15/h1,7-11H,6,12-14H2,2-4H3. The van der Waals surface area contributed by atoms with Gasteiger partial charge in [-0.3, -0.25) is 0 Å². The van der Waals surface area contributed by atoms with E-state index < -0.39 is 0 Å². The van der Waals surface area contributed by atoms with Crippen LogP contribution in [0, 0.1) is 17.8 Å². The normalized spacial score (nSPS) is 10.7. The number of amides is 1. The van der Waals surface area contributed by atoms with Crippen molar-refractivity contribution in [2.24, 2.45) is 5.41 Å². The van der Waals surface area contributed by atoms with Gasteiger partial charge in [0.1, 0.15) is 6.61 Å². The molecule has 1 aromatic carbocycles. The fraction of sp³-hybridized carbons (Fsp3) is 0.471. The number of nitrogens with zero attached hydrogens (tertiary/aromatic N) is 1. The fourth-order valence-electron chi connectivity index (χ4n) is 1.82. The number of carbonyl (C=O) groups excluding carboxylic acids is 1. The number of hydrogen-bond donors (Lipinski definition) is 0. The molecule has 0 aliphatic carbocycles. The summed E-state index contributed by atoms with van der Waals surface area (Å²) in [6.45, 7) is 7.70. The summed E-state index contributed by atoms with van der Waals surface area (Å²) in [5.74, 6) is 2.56. The Morgan fingerprint density at radius 3 is 2.50 bits per heavy atom. The molecule has 0 bridgehead atoms. The first kappa shape index (κ1) is 16.1. The highest BCUT2D eigenvalue weighted by atomic mass is 16.6. The van der Waals surface area contributed by atoms with Crippen LogP contribution < -0.4 is 0 Å². The third kappa shape index (κ3) is 6.29. The average molecular weight is 273 g/mol. The highest BCUT2D eigenvalue weighted by molar-refractivity contribution is 5.67. The second-order valence-electron chi connectivity index (χ2n) is 5.98. The van der Waals surface area contributed by atoms with Gasteiger partial charge in [-0.25, -0.2) is 4.79 Å². The van der Waals surface area contributed by atoms with Crippen LogP contribution in [0.15, 0.2) is 30.3 Å². The van der Waals surface area contributed by atoms with E-state index in [2.05, 4.69) is 26.7 Å². The summed E-state index contributed by atoms with van der Waals surface area (Å²) in [7, 11) is 0.